The van der Waals surface area contributed by atoms with Gasteiger partial charge in [-0.05, 0) is 70.5 Å². The van der Waals surface area contributed by atoms with E-state index in [1.165, 1.54) is 28.3 Å². The summed E-state index contributed by atoms with van der Waals surface area (Å²) in [4.78, 5) is 5.19. The van der Waals surface area contributed by atoms with E-state index in [2.05, 4.69) is 92.9 Å². The average Bonchev–Trinajstić information content (AvgIpc) is 3.56. The molecule has 0 fully saturated rings. The van der Waals surface area contributed by atoms with Crippen LogP contribution in [0.25, 0.3) is 61.2 Å². The van der Waals surface area contributed by atoms with Crippen molar-refractivity contribution in [3.8, 4) is 28.2 Å². The van der Waals surface area contributed by atoms with Crippen LogP contribution in [0, 0.1) is 5.82 Å². The molecule has 0 aliphatic rings. The number of hydrogen-bond donors (Lipinski definition) is 0. The van der Waals surface area contributed by atoms with Gasteiger partial charge in [0.25, 0.3) is 0 Å². The maximum Gasteiger partial charge on any atom is 0.171 e. The van der Waals surface area contributed by atoms with Gasteiger partial charge >= 0.3 is 0 Å². The molecule has 0 aliphatic carbocycles. The van der Waals surface area contributed by atoms with E-state index in [0.717, 1.165) is 38.9 Å². The number of rotatable bonds is 5. The van der Waals surface area contributed by atoms with Gasteiger partial charge in [0, 0.05) is 10.8 Å². The molecule has 41 heavy (non-hydrogen) atoms. The highest BCUT2D eigenvalue weighted by atomic mass is 19.1. The number of fused-ring (bicyclic) bond motifs is 4. The molecule has 4 heteroatoms. The van der Waals surface area contributed by atoms with E-state index in [0.29, 0.717) is 5.58 Å². The van der Waals surface area contributed by atoms with E-state index >= 15 is 0 Å². The molecule has 0 spiro atoms. The average molecular weight is 539 g/mol. The third kappa shape index (κ3) is 4.05. The molecule has 0 unspecified atom stereocenters. The Labute approximate surface area is 238 Å². The molecular weight excluding hydrogens is 507 g/mol. The van der Waals surface area contributed by atoms with Crippen LogP contribution >= 0.6 is 0 Å². The Bertz CT molecular complexity index is 2040. The van der Waals surface area contributed by atoms with Crippen LogP contribution < -0.4 is 0 Å². The van der Waals surface area contributed by atoms with Crippen molar-refractivity contribution in [1.29, 1.82) is 0 Å². The first kappa shape index (κ1) is 25.3. The maximum absolute atomic E-state index is 14.8. The lowest BCUT2D eigenvalue weighted by molar-refractivity contribution is 0.584. The van der Waals surface area contributed by atoms with Crippen LogP contribution in [0.4, 0.5) is 4.39 Å². The van der Waals surface area contributed by atoms with Crippen LogP contribution in [0.5, 0.6) is 0 Å². The largest absolute Gasteiger partial charge is 0.452 e. The van der Waals surface area contributed by atoms with Gasteiger partial charge in [-0.3, -0.25) is 4.57 Å². The summed E-state index contributed by atoms with van der Waals surface area (Å²) in [5.41, 5.74) is 9.75. The standard InChI is InChI=1S/C37H31FN2O/c1-22(2)29-20-25(24-12-6-5-7-13-24)21-30(23(3)4)34(29)40-33-19-9-8-18-32(33)39-37(40)28-16-10-14-26-27-15-11-17-31(38)36(27)41-35(26)28/h5-23H,1-4H3. The number of benzene rings is 5. The Morgan fingerprint density at radius 1 is 0.659 bits per heavy atom. The molecule has 0 saturated heterocycles. The van der Waals surface area contributed by atoms with Gasteiger partial charge in [0.1, 0.15) is 11.4 Å². The highest BCUT2D eigenvalue weighted by molar-refractivity contribution is 6.09. The number of aromatic nitrogens is 2. The number of para-hydroxylation sites is 4. The third-order valence-corrected chi connectivity index (χ3v) is 8.02. The lowest BCUT2D eigenvalue weighted by atomic mass is 9.88. The monoisotopic (exact) mass is 538 g/mol. The quantitative estimate of drug-likeness (QED) is 0.218. The van der Waals surface area contributed by atoms with Gasteiger partial charge in [0.2, 0.25) is 0 Å². The number of imidazole rings is 1. The molecule has 0 bridgehead atoms. The molecule has 0 N–H and O–H groups in total. The summed E-state index contributed by atoms with van der Waals surface area (Å²) < 4.78 is 23.4. The summed E-state index contributed by atoms with van der Waals surface area (Å²) in [6.07, 6.45) is 0. The van der Waals surface area contributed by atoms with Crippen molar-refractivity contribution < 1.29 is 8.81 Å². The first-order valence-corrected chi connectivity index (χ1v) is 14.2. The molecule has 2 heterocycles. The van der Waals surface area contributed by atoms with Crippen molar-refractivity contribution in [3.05, 3.63) is 120 Å². The van der Waals surface area contributed by atoms with E-state index < -0.39 is 0 Å². The summed E-state index contributed by atoms with van der Waals surface area (Å²) in [6.45, 7) is 9.00. The molecule has 2 aromatic heterocycles. The Morgan fingerprint density at radius 2 is 1.29 bits per heavy atom. The maximum atomic E-state index is 14.8. The van der Waals surface area contributed by atoms with Crippen LogP contribution in [0.3, 0.4) is 0 Å². The zero-order valence-electron chi connectivity index (χ0n) is 23.7. The Kier molecular flexibility index (Phi) is 6.01. The van der Waals surface area contributed by atoms with E-state index in [4.69, 9.17) is 9.40 Å². The molecule has 0 amide bonds. The van der Waals surface area contributed by atoms with Gasteiger partial charge in [0.15, 0.2) is 11.4 Å². The zero-order valence-corrected chi connectivity index (χ0v) is 23.7. The minimum Gasteiger partial charge on any atom is -0.452 e. The fourth-order valence-corrected chi connectivity index (χ4v) is 6.01. The van der Waals surface area contributed by atoms with E-state index in [1.54, 1.807) is 6.07 Å². The fraction of sp³-hybridized carbons (Fsp3) is 0.162. The molecule has 7 rings (SSSR count). The van der Waals surface area contributed by atoms with E-state index in [-0.39, 0.29) is 23.2 Å². The summed E-state index contributed by atoms with van der Waals surface area (Å²) in [7, 11) is 0. The van der Waals surface area contributed by atoms with Gasteiger partial charge in [-0.1, -0.05) is 94.4 Å². The van der Waals surface area contributed by atoms with Crippen LogP contribution in [0.2, 0.25) is 0 Å². The number of nitrogens with zero attached hydrogens (tertiary/aromatic N) is 2. The first-order valence-electron chi connectivity index (χ1n) is 14.2. The fourth-order valence-electron chi connectivity index (χ4n) is 6.01. The minimum absolute atomic E-state index is 0.260. The number of furan rings is 1. The van der Waals surface area contributed by atoms with E-state index in [9.17, 15) is 4.39 Å². The third-order valence-electron chi connectivity index (χ3n) is 8.02. The Balaban J connectivity index is 1.60. The molecule has 202 valence electrons. The molecule has 0 atom stereocenters. The van der Waals surface area contributed by atoms with Gasteiger partial charge in [0.05, 0.1) is 22.3 Å². The molecule has 5 aromatic carbocycles. The van der Waals surface area contributed by atoms with Crippen molar-refractivity contribution in [2.45, 2.75) is 39.5 Å². The zero-order chi connectivity index (χ0) is 28.2. The Hall–Kier alpha value is -4.70. The predicted octanol–water partition coefficient (Wildman–Crippen LogP) is 10.6. The summed E-state index contributed by atoms with van der Waals surface area (Å²) >= 11 is 0. The molecule has 0 aliphatic heterocycles. The molecule has 0 radical (unpaired) electrons. The summed E-state index contributed by atoms with van der Waals surface area (Å²) in [6, 6.07) is 34.6. The first-order chi connectivity index (χ1) is 19.9. The molecule has 0 saturated carbocycles. The van der Waals surface area contributed by atoms with E-state index in [1.807, 2.05) is 30.3 Å². The van der Waals surface area contributed by atoms with Gasteiger partial charge < -0.3 is 4.42 Å². The van der Waals surface area contributed by atoms with Crippen molar-refractivity contribution in [3.63, 3.8) is 0 Å². The summed E-state index contributed by atoms with van der Waals surface area (Å²) in [5.74, 6) is 0.943. The Morgan fingerprint density at radius 3 is 2.00 bits per heavy atom. The highest BCUT2D eigenvalue weighted by Crippen LogP contribution is 2.42. The lowest BCUT2D eigenvalue weighted by Gasteiger charge is -2.24. The molecular formula is C37H31FN2O. The smallest absolute Gasteiger partial charge is 0.171 e. The van der Waals surface area contributed by atoms with Crippen LogP contribution in [0.1, 0.15) is 50.7 Å². The van der Waals surface area contributed by atoms with Crippen molar-refractivity contribution in [1.82, 2.24) is 9.55 Å². The minimum atomic E-state index is -0.362. The van der Waals surface area contributed by atoms with Crippen molar-refractivity contribution in [2.24, 2.45) is 0 Å². The lowest BCUT2D eigenvalue weighted by Crippen LogP contribution is -2.09. The second kappa shape index (κ2) is 9.74. The van der Waals surface area contributed by atoms with Crippen LogP contribution in [-0.4, -0.2) is 9.55 Å². The van der Waals surface area contributed by atoms with Crippen molar-refractivity contribution >= 4 is 33.0 Å². The second-order valence-corrected chi connectivity index (χ2v) is 11.3. The predicted molar refractivity (Wildman–Crippen MR) is 167 cm³/mol. The topological polar surface area (TPSA) is 31.0 Å². The van der Waals surface area contributed by atoms with Crippen molar-refractivity contribution in [2.75, 3.05) is 0 Å². The van der Waals surface area contributed by atoms with Gasteiger partial charge in [-0.15, -0.1) is 0 Å². The number of hydrogen-bond acceptors (Lipinski definition) is 2. The second-order valence-electron chi connectivity index (χ2n) is 11.3. The van der Waals surface area contributed by atoms with Gasteiger partial charge in [-0.25, -0.2) is 9.37 Å². The van der Waals surface area contributed by atoms with Crippen LogP contribution in [-0.2, 0) is 0 Å². The summed E-state index contributed by atoms with van der Waals surface area (Å²) in [5, 5.41) is 1.64. The normalized spacial score (nSPS) is 12.0. The SMILES string of the molecule is CC(C)c1cc(-c2ccccc2)cc(C(C)C)c1-n1c(-c2cccc3c2oc2c(F)cccc23)nc2ccccc21. The highest BCUT2D eigenvalue weighted by Gasteiger charge is 2.25. The number of halogens is 1. The van der Waals surface area contributed by atoms with Gasteiger partial charge in [-0.2, -0.15) is 0 Å². The molecule has 3 nitrogen and oxygen atoms in total. The van der Waals surface area contributed by atoms with Crippen LogP contribution in [0.15, 0.2) is 108 Å². The molecule has 7 aromatic rings.